The molecule has 20 heavy (non-hydrogen) atoms. The molecule has 110 valence electrons. The van der Waals surface area contributed by atoms with Crippen LogP contribution in [0.2, 0.25) is 0 Å². The lowest BCUT2D eigenvalue weighted by molar-refractivity contribution is -0.124. The molecule has 1 amide bonds. The molecule has 0 bridgehead atoms. The molecule has 0 saturated carbocycles. The van der Waals surface area contributed by atoms with E-state index in [2.05, 4.69) is 19.2 Å². The van der Waals surface area contributed by atoms with Crippen LogP contribution in [0.5, 0.6) is 11.5 Å². The first-order valence-electron chi connectivity index (χ1n) is 6.84. The molecule has 1 heterocycles. The van der Waals surface area contributed by atoms with Crippen molar-refractivity contribution in [3.8, 4) is 11.5 Å². The van der Waals surface area contributed by atoms with E-state index in [0.717, 1.165) is 5.56 Å². The smallest absolute Gasteiger partial charge is 0.258 e. The number of carbonyl (C=O) groups is 1. The van der Waals surface area contributed by atoms with Gasteiger partial charge in [0.25, 0.3) is 5.91 Å². The Labute approximate surface area is 118 Å². The maximum Gasteiger partial charge on any atom is 0.258 e. The Morgan fingerprint density at radius 1 is 1.50 bits per heavy atom. The number of hydrogen-bond donors (Lipinski definition) is 2. The van der Waals surface area contributed by atoms with E-state index in [9.17, 15) is 9.90 Å². The predicted octanol–water partition coefficient (Wildman–Crippen LogP) is 1.65. The van der Waals surface area contributed by atoms with Crippen molar-refractivity contribution in [1.82, 2.24) is 5.32 Å². The van der Waals surface area contributed by atoms with Gasteiger partial charge in [-0.05, 0) is 25.0 Å². The van der Waals surface area contributed by atoms with Crippen molar-refractivity contribution in [2.45, 2.75) is 32.9 Å². The van der Waals surface area contributed by atoms with Gasteiger partial charge < -0.3 is 19.9 Å². The SMILES string of the molecule is CC(C)C(C)NC(=O)COc1ccc2c(c1)OCC2O. The van der Waals surface area contributed by atoms with E-state index in [0.29, 0.717) is 17.4 Å². The number of aliphatic hydroxyl groups is 1. The molecule has 2 rings (SSSR count). The van der Waals surface area contributed by atoms with Gasteiger partial charge in [0, 0.05) is 17.7 Å². The molecule has 1 aromatic rings. The highest BCUT2D eigenvalue weighted by molar-refractivity contribution is 5.77. The molecule has 5 nitrogen and oxygen atoms in total. The summed E-state index contributed by atoms with van der Waals surface area (Å²) in [5.41, 5.74) is 0.759. The molecule has 1 aromatic carbocycles. The maximum absolute atomic E-state index is 11.7. The average Bonchev–Trinajstić information content (AvgIpc) is 2.77. The second-order valence-corrected chi connectivity index (χ2v) is 5.42. The van der Waals surface area contributed by atoms with Gasteiger partial charge in [0.15, 0.2) is 6.61 Å². The summed E-state index contributed by atoms with van der Waals surface area (Å²) in [6, 6.07) is 5.31. The van der Waals surface area contributed by atoms with Gasteiger partial charge in [-0.3, -0.25) is 4.79 Å². The van der Waals surface area contributed by atoms with E-state index in [1.165, 1.54) is 0 Å². The number of carbonyl (C=O) groups excluding carboxylic acids is 1. The minimum atomic E-state index is -0.575. The molecule has 0 aliphatic carbocycles. The molecular formula is C15H21NO4. The lowest BCUT2D eigenvalue weighted by Crippen LogP contribution is -2.38. The van der Waals surface area contributed by atoms with Gasteiger partial charge in [-0.2, -0.15) is 0 Å². The molecule has 2 N–H and O–H groups in total. The number of rotatable bonds is 5. The Kier molecular flexibility index (Phi) is 4.49. The Morgan fingerprint density at radius 3 is 2.95 bits per heavy atom. The van der Waals surface area contributed by atoms with Gasteiger partial charge in [-0.1, -0.05) is 13.8 Å². The summed E-state index contributed by atoms with van der Waals surface area (Å²) in [4.78, 5) is 11.7. The Bertz CT molecular complexity index is 487. The molecule has 0 fully saturated rings. The first-order chi connectivity index (χ1) is 9.47. The summed E-state index contributed by atoms with van der Waals surface area (Å²) in [5.74, 6) is 1.41. The number of nitrogens with one attached hydrogen (secondary N) is 1. The van der Waals surface area contributed by atoms with E-state index in [1.807, 2.05) is 6.92 Å². The second-order valence-electron chi connectivity index (χ2n) is 5.42. The molecule has 0 radical (unpaired) electrons. The van der Waals surface area contributed by atoms with Crippen LogP contribution in [0.4, 0.5) is 0 Å². The van der Waals surface area contributed by atoms with Crippen LogP contribution in [-0.4, -0.2) is 30.3 Å². The summed E-state index contributed by atoms with van der Waals surface area (Å²) >= 11 is 0. The third kappa shape index (κ3) is 3.42. The van der Waals surface area contributed by atoms with Crippen molar-refractivity contribution < 1.29 is 19.4 Å². The normalized spacial score (nSPS) is 18.4. The highest BCUT2D eigenvalue weighted by Crippen LogP contribution is 2.34. The van der Waals surface area contributed by atoms with Gasteiger partial charge in [-0.15, -0.1) is 0 Å². The fourth-order valence-corrected chi connectivity index (χ4v) is 1.87. The number of hydrogen-bond acceptors (Lipinski definition) is 4. The van der Waals surface area contributed by atoms with Gasteiger partial charge in [0.1, 0.15) is 24.2 Å². The van der Waals surface area contributed by atoms with E-state index in [4.69, 9.17) is 9.47 Å². The van der Waals surface area contributed by atoms with Crippen molar-refractivity contribution in [2.75, 3.05) is 13.2 Å². The minimum Gasteiger partial charge on any atom is -0.490 e. The first kappa shape index (κ1) is 14.7. The third-order valence-corrected chi connectivity index (χ3v) is 3.50. The Hall–Kier alpha value is -1.75. The third-order valence-electron chi connectivity index (χ3n) is 3.50. The summed E-state index contributed by atoms with van der Waals surface area (Å²) in [7, 11) is 0. The zero-order valence-electron chi connectivity index (χ0n) is 12.1. The lowest BCUT2D eigenvalue weighted by atomic mass is 10.1. The van der Waals surface area contributed by atoms with Crippen LogP contribution < -0.4 is 14.8 Å². The van der Waals surface area contributed by atoms with Crippen molar-refractivity contribution >= 4 is 5.91 Å². The number of fused-ring (bicyclic) bond motifs is 1. The molecule has 1 aliphatic heterocycles. The molecule has 1 aliphatic rings. The summed E-state index contributed by atoms with van der Waals surface area (Å²) in [6.45, 7) is 6.31. The standard InChI is InChI=1S/C15H21NO4/c1-9(2)10(3)16-15(18)8-19-11-4-5-12-13(17)7-20-14(12)6-11/h4-6,9-10,13,17H,7-8H2,1-3H3,(H,16,18). The quantitative estimate of drug-likeness (QED) is 0.860. The highest BCUT2D eigenvalue weighted by Gasteiger charge is 2.22. The zero-order chi connectivity index (χ0) is 14.7. The van der Waals surface area contributed by atoms with E-state index in [1.54, 1.807) is 18.2 Å². The summed E-state index contributed by atoms with van der Waals surface area (Å²) < 4.78 is 10.8. The summed E-state index contributed by atoms with van der Waals surface area (Å²) in [6.07, 6.45) is -0.575. The number of amides is 1. The Morgan fingerprint density at radius 2 is 2.25 bits per heavy atom. The molecular weight excluding hydrogens is 258 g/mol. The van der Waals surface area contributed by atoms with Gasteiger partial charge >= 0.3 is 0 Å². The molecule has 0 spiro atoms. The fraction of sp³-hybridized carbons (Fsp3) is 0.533. The summed E-state index contributed by atoms with van der Waals surface area (Å²) in [5, 5.41) is 12.5. The largest absolute Gasteiger partial charge is 0.490 e. The highest BCUT2D eigenvalue weighted by atomic mass is 16.5. The topological polar surface area (TPSA) is 67.8 Å². The fourth-order valence-electron chi connectivity index (χ4n) is 1.87. The van der Waals surface area contributed by atoms with E-state index >= 15 is 0 Å². The van der Waals surface area contributed by atoms with Gasteiger partial charge in [0.2, 0.25) is 0 Å². The Balaban J connectivity index is 1.87. The van der Waals surface area contributed by atoms with Crippen LogP contribution in [0.25, 0.3) is 0 Å². The number of aliphatic hydroxyl groups excluding tert-OH is 1. The second kappa shape index (κ2) is 6.13. The van der Waals surface area contributed by atoms with Crippen LogP contribution in [0.1, 0.15) is 32.4 Å². The molecule has 5 heteroatoms. The van der Waals surface area contributed by atoms with E-state index in [-0.39, 0.29) is 25.2 Å². The van der Waals surface area contributed by atoms with Gasteiger partial charge in [-0.25, -0.2) is 0 Å². The molecule has 2 atom stereocenters. The van der Waals surface area contributed by atoms with Crippen molar-refractivity contribution in [1.29, 1.82) is 0 Å². The minimum absolute atomic E-state index is 0.0294. The monoisotopic (exact) mass is 279 g/mol. The zero-order valence-corrected chi connectivity index (χ0v) is 12.1. The average molecular weight is 279 g/mol. The number of benzene rings is 1. The van der Waals surface area contributed by atoms with Crippen molar-refractivity contribution in [3.63, 3.8) is 0 Å². The van der Waals surface area contributed by atoms with Crippen LogP contribution in [-0.2, 0) is 4.79 Å². The molecule has 0 saturated heterocycles. The van der Waals surface area contributed by atoms with Crippen LogP contribution >= 0.6 is 0 Å². The van der Waals surface area contributed by atoms with Crippen molar-refractivity contribution in [3.05, 3.63) is 23.8 Å². The number of ether oxygens (including phenoxy) is 2. The lowest BCUT2D eigenvalue weighted by Gasteiger charge is -2.17. The molecule has 2 unspecified atom stereocenters. The molecule has 0 aromatic heterocycles. The van der Waals surface area contributed by atoms with Crippen LogP contribution in [0, 0.1) is 5.92 Å². The van der Waals surface area contributed by atoms with Gasteiger partial charge in [0.05, 0.1) is 0 Å². The van der Waals surface area contributed by atoms with E-state index < -0.39 is 6.10 Å². The predicted molar refractivity (Wildman–Crippen MR) is 74.8 cm³/mol. The first-order valence-corrected chi connectivity index (χ1v) is 6.84. The maximum atomic E-state index is 11.7. The van der Waals surface area contributed by atoms with Crippen molar-refractivity contribution in [2.24, 2.45) is 5.92 Å². The van der Waals surface area contributed by atoms with Crippen LogP contribution in [0.15, 0.2) is 18.2 Å². The van der Waals surface area contributed by atoms with Crippen LogP contribution in [0.3, 0.4) is 0 Å².